The van der Waals surface area contributed by atoms with Gasteiger partial charge in [0, 0.05) is 35.5 Å². The topological polar surface area (TPSA) is 37.6 Å². The first-order chi connectivity index (χ1) is 11.5. The summed E-state index contributed by atoms with van der Waals surface area (Å²) in [5, 5.41) is 0. The monoisotopic (exact) mass is 389 g/mol. The molecule has 3 rings (SSSR count). The van der Waals surface area contributed by atoms with Crippen LogP contribution in [0.25, 0.3) is 5.65 Å². The third-order valence-corrected chi connectivity index (χ3v) is 4.37. The van der Waals surface area contributed by atoms with E-state index in [1.165, 1.54) is 6.07 Å². The van der Waals surface area contributed by atoms with Crippen LogP contribution in [-0.2, 0) is 6.54 Å². The molecule has 0 aliphatic heterocycles. The van der Waals surface area contributed by atoms with Crippen LogP contribution >= 0.6 is 15.9 Å². The minimum Gasteiger partial charge on any atom is -0.333 e. The first kappa shape index (κ1) is 16.6. The summed E-state index contributed by atoms with van der Waals surface area (Å²) in [6.07, 6.45) is 3.58. The fourth-order valence-electron chi connectivity index (χ4n) is 2.55. The van der Waals surface area contributed by atoms with Gasteiger partial charge in [0.1, 0.15) is 17.2 Å². The van der Waals surface area contributed by atoms with Crippen LogP contribution in [0.1, 0.15) is 28.5 Å². The summed E-state index contributed by atoms with van der Waals surface area (Å²) in [5.74, 6) is -0.534. The van der Waals surface area contributed by atoms with Gasteiger partial charge in [0.2, 0.25) is 0 Å². The fourth-order valence-corrected chi connectivity index (χ4v) is 2.95. The molecule has 0 radical (unpaired) electrons. The highest BCUT2D eigenvalue weighted by Crippen LogP contribution is 2.18. The van der Waals surface area contributed by atoms with Gasteiger partial charge in [-0.05, 0) is 49.7 Å². The van der Waals surface area contributed by atoms with Crippen LogP contribution < -0.4 is 0 Å². The first-order valence-corrected chi connectivity index (χ1v) is 8.46. The SMILES string of the molecule is CCN(Cc1cc(Br)ccc1F)C(=O)c1cn2ccc(C)cc2n1. The van der Waals surface area contributed by atoms with Crippen LogP contribution in [0.2, 0.25) is 0 Å². The van der Waals surface area contributed by atoms with Crippen molar-refractivity contribution < 1.29 is 9.18 Å². The van der Waals surface area contributed by atoms with Crippen molar-refractivity contribution in [2.24, 2.45) is 0 Å². The molecule has 124 valence electrons. The summed E-state index contributed by atoms with van der Waals surface area (Å²) in [6, 6.07) is 8.60. The van der Waals surface area contributed by atoms with Gasteiger partial charge < -0.3 is 9.30 Å². The van der Waals surface area contributed by atoms with E-state index in [0.29, 0.717) is 17.8 Å². The number of carbonyl (C=O) groups excluding carboxylic acids is 1. The minimum atomic E-state index is -0.324. The van der Waals surface area contributed by atoms with Crippen molar-refractivity contribution in [3.8, 4) is 0 Å². The van der Waals surface area contributed by atoms with E-state index in [-0.39, 0.29) is 18.3 Å². The molecule has 0 spiro atoms. The predicted octanol–water partition coefficient (Wildman–Crippen LogP) is 4.21. The number of hydrogen-bond acceptors (Lipinski definition) is 2. The number of fused-ring (bicyclic) bond motifs is 1. The van der Waals surface area contributed by atoms with Crippen LogP contribution in [0.5, 0.6) is 0 Å². The van der Waals surface area contributed by atoms with Gasteiger partial charge in [0.05, 0.1) is 0 Å². The number of aryl methyl sites for hydroxylation is 1. The second kappa shape index (κ2) is 6.73. The maximum Gasteiger partial charge on any atom is 0.274 e. The number of hydrogen-bond donors (Lipinski definition) is 0. The van der Waals surface area contributed by atoms with Gasteiger partial charge in [-0.25, -0.2) is 9.37 Å². The zero-order valence-corrected chi connectivity index (χ0v) is 15.0. The molecule has 4 nitrogen and oxygen atoms in total. The highest BCUT2D eigenvalue weighted by atomic mass is 79.9. The summed E-state index contributed by atoms with van der Waals surface area (Å²) >= 11 is 3.33. The number of imidazole rings is 1. The molecule has 2 heterocycles. The first-order valence-electron chi connectivity index (χ1n) is 7.66. The zero-order valence-electron chi connectivity index (χ0n) is 13.5. The third kappa shape index (κ3) is 3.33. The van der Waals surface area contributed by atoms with E-state index in [1.807, 2.05) is 36.6 Å². The lowest BCUT2D eigenvalue weighted by molar-refractivity contribution is 0.0746. The Bertz CT molecular complexity index is 906. The van der Waals surface area contributed by atoms with Gasteiger partial charge in [-0.1, -0.05) is 15.9 Å². The molecular weight excluding hydrogens is 373 g/mol. The van der Waals surface area contributed by atoms with E-state index in [1.54, 1.807) is 23.2 Å². The molecule has 0 saturated heterocycles. The number of halogens is 2. The molecule has 1 amide bonds. The molecule has 0 unspecified atom stereocenters. The summed E-state index contributed by atoms with van der Waals surface area (Å²) in [6.45, 7) is 4.52. The van der Waals surface area contributed by atoms with Gasteiger partial charge in [-0.3, -0.25) is 4.79 Å². The van der Waals surface area contributed by atoms with Crippen LogP contribution in [0.15, 0.2) is 47.2 Å². The summed E-state index contributed by atoms with van der Waals surface area (Å²) in [5.41, 5.74) is 2.63. The number of benzene rings is 1. The molecule has 1 aromatic carbocycles. The maximum absolute atomic E-state index is 14.0. The van der Waals surface area contributed by atoms with Crippen molar-refractivity contribution in [3.05, 3.63) is 69.8 Å². The highest BCUT2D eigenvalue weighted by Gasteiger charge is 2.19. The average molecular weight is 390 g/mol. The van der Waals surface area contributed by atoms with E-state index < -0.39 is 0 Å². The molecule has 0 atom stereocenters. The molecule has 0 saturated carbocycles. The summed E-state index contributed by atoms with van der Waals surface area (Å²) in [7, 11) is 0. The van der Waals surface area contributed by atoms with E-state index >= 15 is 0 Å². The molecular formula is C18H17BrFN3O. The van der Waals surface area contributed by atoms with Crippen molar-refractivity contribution in [1.29, 1.82) is 0 Å². The van der Waals surface area contributed by atoms with Gasteiger partial charge in [-0.15, -0.1) is 0 Å². The van der Waals surface area contributed by atoms with Crippen molar-refractivity contribution in [3.63, 3.8) is 0 Å². The second-order valence-electron chi connectivity index (χ2n) is 5.65. The van der Waals surface area contributed by atoms with Crippen LogP contribution in [0, 0.1) is 12.7 Å². The lowest BCUT2D eigenvalue weighted by Crippen LogP contribution is -2.31. The van der Waals surface area contributed by atoms with Crippen molar-refractivity contribution in [2.75, 3.05) is 6.54 Å². The molecule has 0 aliphatic carbocycles. The number of pyridine rings is 1. The van der Waals surface area contributed by atoms with Crippen LogP contribution in [0.3, 0.4) is 0 Å². The highest BCUT2D eigenvalue weighted by molar-refractivity contribution is 9.10. The largest absolute Gasteiger partial charge is 0.333 e. The minimum absolute atomic E-state index is 0.202. The molecule has 6 heteroatoms. The van der Waals surface area contributed by atoms with Crippen molar-refractivity contribution in [1.82, 2.24) is 14.3 Å². The third-order valence-electron chi connectivity index (χ3n) is 3.87. The standard InChI is InChI=1S/C18H17BrFN3O/c1-3-22(10-13-9-14(19)4-5-15(13)20)18(24)16-11-23-7-6-12(2)8-17(23)21-16/h4-9,11H,3,10H2,1-2H3. The summed E-state index contributed by atoms with van der Waals surface area (Å²) in [4.78, 5) is 18.7. The fraction of sp³-hybridized carbons (Fsp3) is 0.222. The van der Waals surface area contributed by atoms with Gasteiger partial charge >= 0.3 is 0 Å². The summed E-state index contributed by atoms with van der Waals surface area (Å²) < 4.78 is 16.6. The molecule has 0 aliphatic rings. The smallest absolute Gasteiger partial charge is 0.274 e. The van der Waals surface area contributed by atoms with E-state index in [0.717, 1.165) is 15.7 Å². The van der Waals surface area contributed by atoms with E-state index in [4.69, 9.17) is 0 Å². The number of amides is 1. The van der Waals surface area contributed by atoms with E-state index in [2.05, 4.69) is 20.9 Å². The van der Waals surface area contributed by atoms with E-state index in [9.17, 15) is 9.18 Å². The molecule has 0 N–H and O–H groups in total. The normalized spacial score (nSPS) is 11.0. The quantitative estimate of drug-likeness (QED) is 0.670. The number of nitrogens with zero attached hydrogens (tertiary/aromatic N) is 3. The van der Waals surface area contributed by atoms with Crippen LogP contribution in [-0.4, -0.2) is 26.7 Å². The molecule has 0 bridgehead atoms. The number of aromatic nitrogens is 2. The predicted molar refractivity (Wildman–Crippen MR) is 94.4 cm³/mol. The van der Waals surface area contributed by atoms with Gasteiger partial charge in [0.15, 0.2) is 0 Å². The lowest BCUT2D eigenvalue weighted by atomic mass is 10.2. The Kier molecular flexibility index (Phi) is 4.66. The van der Waals surface area contributed by atoms with Crippen molar-refractivity contribution in [2.45, 2.75) is 20.4 Å². The number of rotatable bonds is 4. The van der Waals surface area contributed by atoms with Gasteiger partial charge in [-0.2, -0.15) is 0 Å². The maximum atomic E-state index is 14.0. The molecule has 24 heavy (non-hydrogen) atoms. The van der Waals surface area contributed by atoms with Gasteiger partial charge in [0.25, 0.3) is 5.91 Å². The second-order valence-corrected chi connectivity index (χ2v) is 6.57. The van der Waals surface area contributed by atoms with Crippen LogP contribution in [0.4, 0.5) is 4.39 Å². The molecule has 2 aromatic heterocycles. The molecule has 0 fully saturated rings. The molecule has 3 aromatic rings. The lowest BCUT2D eigenvalue weighted by Gasteiger charge is -2.20. The van der Waals surface area contributed by atoms with Crippen molar-refractivity contribution >= 4 is 27.5 Å². The zero-order chi connectivity index (χ0) is 17.3. The Balaban J connectivity index is 1.88. The average Bonchev–Trinajstić information content (AvgIpc) is 2.98. The Morgan fingerprint density at radius 2 is 2.12 bits per heavy atom. The Hall–Kier alpha value is -2.21. The Morgan fingerprint density at radius 1 is 1.33 bits per heavy atom. The Morgan fingerprint density at radius 3 is 2.88 bits per heavy atom. The number of carbonyl (C=O) groups is 1. The Labute approximate surface area is 148 Å².